The second-order valence-corrected chi connectivity index (χ2v) is 4.03. The van der Waals surface area contributed by atoms with E-state index < -0.39 is 0 Å². The molecule has 3 rings (SSSR count). The Kier molecular flexibility index (Phi) is 2.81. The van der Waals surface area contributed by atoms with E-state index in [2.05, 4.69) is 25.1 Å². The van der Waals surface area contributed by atoms with Crippen molar-refractivity contribution in [3.05, 3.63) is 28.7 Å². The summed E-state index contributed by atoms with van der Waals surface area (Å²) in [7, 11) is 0. The summed E-state index contributed by atoms with van der Waals surface area (Å²) in [5.41, 5.74) is 0.572. The van der Waals surface area contributed by atoms with Crippen molar-refractivity contribution < 1.29 is 4.74 Å². The van der Waals surface area contributed by atoms with Crippen LogP contribution in [-0.2, 0) is 4.74 Å². The van der Waals surface area contributed by atoms with Crippen LogP contribution in [0.5, 0.6) is 0 Å². The SMILES string of the molecule is O=c1cc(-c2nc(N3CCOCC3)n[nH]2)cc[nH]1. The Morgan fingerprint density at radius 3 is 2.94 bits per heavy atom. The standard InChI is InChI=1S/C11H13N5O2/c17-9-7-8(1-2-12-9)10-13-11(15-14-10)16-3-5-18-6-4-16/h1-2,7H,3-6H2,(H,12,17)(H,13,14,15). The molecular formula is C11H13N5O2. The Bertz CT molecular complexity index is 585. The van der Waals surface area contributed by atoms with E-state index in [-0.39, 0.29) is 5.56 Å². The molecule has 0 aliphatic carbocycles. The van der Waals surface area contributed by atoms with Gasteiger partial charge in [0.2, 0.25) is 11.5 Å². The van der Waals surface area contributed by atoms with Gasteiger partial charge in [-0.05, 0) is 6.07 Å². The molecule has 2 aromatic rings. The quantitative estimate of drug-likeness (QED) is 0.779. The Morgan fingerprint density at radius 1 is 1.33 bits per heavy atom. The van der Waals surface area contributed by atoms with Gasteiger partial charge in [0.1, 0.15) is 0 Å². The van der Waals surface area contributed by atoms with Crippen LogP contribution < -0.4 is 10.5 Å². The lowest BCUT2D eigenvalue weighted by Gasteiger charge is -2.25. The molecule has 7 heteroatoms. The van der Waals surface area contributed by atoms with E-state index in [0.29, 0.717) is 25.0 Å². The maximum atomic E-state index is 11.2. The van der Waals surface area contributed by atoms with Crippen LogP contribution >= 0.6 is 0 Å². The first-order chi connectivity index (χ1) is 8.83. The van der Waals surface area contributed by atoms with Gasteiger partial charge in [0.15, 0.2) is 5.82 Å². The molecule has 0 radical (unpaired) electrons. The molecule has 0 saturated carbocycles. The molecule has 2 N–H and O–H groups in total. The number of H-pyrrole nitrogens is 2. The summed E-state index contributed by atoms with van der Waals surface area (Å²) < 4.78 is 5.28. The van der Waals surface area contributed by atoms with Gasteiger partial charge in [0.25, 0.3) is 0 Å². The highest BCUT2D eigenvalue weighted by molar-refractivity contribution is 5.55. The normalized spacial score (nSPS) is 15.9. The maximum absolute atomic E-state index is 11.2. The zero-order valence-electron chi connectivity index (χ0n) is 9.72. The van der Waals surface area contributed by atoms with Crippen molar-refractivity contribution in [3.8, 4) is 11.4 Å². The van der Waals surface area contributed by atoms with Crippen molar-refractivity contribution in [1.82, 2.24) is 20.2 Å². The van der Waals surface area contributed by atoms with Gasteiger partial charge in [-0.15, -0.1) is 5.10 Å². The molecule has 0 amide bonds. The largest absolute Gasteiger partial charge is 0.378 e. The number of pyridine rings is 1. The monoisotopic (exact) mass is 247 g/mol. The van der Waals surface area contributed by atoms with Crippen LogP contribution in [0.25, 0.3) is 11.4 Å². The first-order valence-corrected chi connectivity index (χ1v) is 5.77. The molecule has 0 bridgehead atoms. The molecule has 0 unspecified atom stereocenters. The minimum Gasteiger partial charge on any atom is -0.378 e. The molecule has 3 heterocycles. The molecule has 7 nitrogen and oxygen atoms in total. The van der Waals surface area contributed by atoms with E-state index in [0.717, 1.165) is 18.7 Å². The van der Waals surface area contributed by atoms with Crippen LogP contribution in [0.1, 0.15) is 0 Å². The lowest BCUT2D eigenvalue weighted by molar-refractivity contribution is 0.122. The number of aromatic nitrogens is 4. The van der Waals surface area contributed by atoms with Gasteiger partial charge < -0.3 is 14.6 Å². The summed E-state index contributed by atoms with van der Waals surface area (Å²) in [6.45, 7) is 2.95. The van der Waals surface area contributed by atoms with E-state index in [9.17, 15) is 4.79 Å². The number of morpholine rings is 1. The highest BCUT2D eigenvalue weighted by atomic mass is 16.5. The third-order valence-electron chi connectivity index (χ3n) is 2.82. The second-order valence-electron chi connectivity index (χ2n) is 4.03. The van der Waals surface area contributed by atoms with Crippen LogP contribution in [-0.4, -0.2) is 46.5 Å². The summed E-state index contributed by atoms with van der Waals surface area (Å²) in [5, 5.41) is 7.02. The average molecular weight is 247 g/mol. The number of aromatic amines is 2. The molecule has 0 atom stereocenters. The lowest BCUT2D eigenvalue weighted by Crippen LogP contribution is -2.36. The Labute approximate surface area is 103 Å². The van der Waals surface area contributed by atoms with Gasteiger partial charge in [-0.25, -0.2) is 0 Å². The van der Waals surface area contributed by atoms with E-state index in [1.807, 2.05) is 0 Å². The van der Waals surface area contributed by atoms with Crippen LogP contribution in [0.4, 0.5) is 5.95 Å². The zero-order chi connectivity index (χ0) is 12.4. The lowest BCUT2D eigenvalue weighted by atomic mass is 10.2. The summed E-state index contributed by atoms with van der Waals surface area (Å²) in [6.07, 6.45) is 1.59. The van der Waals surface area contributed by atoms with Gasteiger partial charge in [0, 0.05) is 30.9 Å². The summed E-state index contributed by atoms with van der Waals surface area (Å²) in [6, 6.07) is 3.27. The zero-order valence-corrected chi connectivity index (χ0v) is 9.72. The molecule has 1 aliphatic rings. The molecule has 2 aromatic heterocycles. The number of anilines is 1. The van der Waals surface area contributed by atoms with Gasteiger partial charge in [0.05, 0.1) is 13.2 Å². The number of hydrogen-bond acceptors (Lipinski definition) is 5. The Morgan fingerprint density at radius 2 is 2.17 bits per heavy atom. The minimum atomic E-state index is -0.156. The molecule has 0 spiro atoms. The van der Waals surface area contributed by atoms with Crippen molar-refractivity contribution in [2.24, 2.45) is 0 Å². The first-order valence-electron chi connectivity index (χ1n) is 5.77. The van der Waals surface area contributed by atoms with Crippen LogP contribution in [0.2, 0.25) is 0 Å². The fraction of sp³-hybridized carbons (Fsp3) is 0.364. The van der Waals surface area contributed by atoms with E-state index in [4.69, 9.17) is 4.74 Å². The third-order valence-corrected chi connectivity index (χ3v) is 2.82. The summed E-state index contributed by atoms with van der Waals surface area (Å²) >= 11 is 0. The molecule has 1 saturated heterocycles. The van der Waals surface area contributed by atoms with Crippen molar-refractivity contribution in [1.29, 1.82) is 0 Å². The third kappa shape index (κ3) is 2.12. The second kappa shape index (κ2) is 4.61. The smallest absolute Gasteiger partial charge is 0.248 e. The van der Waals surface area contributed by atoms with Crippen LogP contribution in [0, 0.1) is 0 Å². The number of rotatable bonds is 2. The number of ether oxygens (including phenoxy) is 1. The highest BCUT2D eigenvalue weighted by Gasteiger charge is 2.16. The Hall–Kier alpha value is -2.15. The number of nitrogens with zero attached hydrogens (tertiary/aromatic N) is 3. The van der Waals surface area contributed by atoms with Crippen LogP contribution in [0.3, 0.4) is 0 Å². The fourth-order valence-corrected chi connectivity index (χ4v) is 1.88. The van der Waals surface area contributed by atoms with Gasteiger partial charge >= 0.3 is 0 Å². The van der Waals surface area contributed by atoms with E-state index in [1.165, 1.54) is 6.07 Å². The molecule has 94 valence electrons. The molecule has 1 fully saturated rings. The van der Waals surface area contributed by atoms with Crippen molar-refractivity contribution in [3.63, 3.8) is 0 Å². The molecular weight excluding hydrogens is 234 g/mol. The van der Waals surface area contributed by atoms with Gasteiger partial charge in [-0.3, -0.25) is 9.89 Å². The minimum absolute atomic E-state index is 0.156. The van der Waals surface area contributed by atoms with E-state index in [1.54, 1.807) is 12.3 Å². The molecule has 0 aromatic carbocycles. The van der Waals surface area contributed by atoms with Crippen molar-refractivity contribution >= 4 is 5.95 Å². The Balaban J connectivity index is 1.86. The average Bonchev–Trinajstić information content (AvgIpc) is 2.89. The van der Waals surface area contributed by atoms with Gasteiger partial charge in [-0.1, -0.05) is 0 Å². The number of hydrogen-bond donors (Lipinski definition) is 2. The fourth-order valence-electron chi connectivity index (χ4n) is 1.88. The van der Waals surface area contributed by atoms with E-state index >= 15 is 0 Å². The van der Waals surface area contributed by atoms with Gasteiger partial charge in [-0.2, -0.15) is 4.98 Å². The number of nitrogens with one attached hydrogen (secondary N) is 2. The topological polar surface area (TPSA) is 86.9 Å². The summed E-state index contributed by atoms with van der Waals surface area (Å²) in [5.74, 6) is 1.25. The maximum Gasteiger partial charge on any atom is 0.248 e. The summed E-state index contributed by atoms with van der Waals surface area (Å²) in [4.78, 5) is 20.2. The van der Waals surface area contributed by atoms with Crippen molar-refractivity contribution in [2.45, 2.75) is 0 Å². The predicted molar refractivity (Wildman–Crippen MR) is 65.5 cm³/mol. The van der Waals surface area contributed by atoms with Crippen LogP contribution in [0.15, 0.2) is 23.1 Å². The highest BCUT2D eigenvalue weighted by Crippen LogP contribution is 2.16. The molecule has 18 heavy (non-hydrogen) atoms. The van der Waals surface area contributed by atoms with Crippen molar-refractivity contribution in [2.75, 3.05) is 31.2 Å². The molecule has 1 aliphatic heterocycles. The first kappa shape index (κ1) is 11.0. The predicted octanol–water partition coefficient (Wildman–Crippen LogP) is -0.00340.